The van der Waals surface area contributed by atoms with Crippen molar-refractivity contribution in [2.24, 2.45) is 0 Å². The third kappa shape index (κ3) is 3.85. The Bertz CT molecular complexity index is 951. The molecule has 4 rings (SSSR count). The molecule has 1 amide bonds. The maximum Gasteiger partial charge on any atom is 0.226 e. The van der Waals surface area contributed by atoms with Crippen LogP contribution in [0.4, 0.5) is 4.39 Å². The van der Waals surface area contributed by atoms with E-state index in [1.807, 2.05) is 4.90 Å². The Labute approximate surface area is 167 Å². The fourth-order valence-corrected chi connectivity index (χ4v) is 4.67. The van der Waals surface area contributed by atoms with E-state index in [1.165, 1.54) is 22.6 Å². The number of fused-ring (bicyclic) bond motifs is 1. The number of halogens is 1. The summed E-state index contributed by atoms with van der Waals surface area (Å²) in [6.07, 6.45) is 3.55. The van der Waals surface area contributed by atoms with Crippen LogP contribution in [-0.4, -0.2) is 27.5 Å². The van der Waals surface area contributed by atoms with Gasteiger partial charge in [0.1, 0.15) is 5.82 Å². The van der Waals surface area contributed by atoms with Crippen molar-refractivity contribution < 1.29 is 13.7 Å². The number of hydrogen-bond donors (Lipinski definition) is 0. The minimum Gasteiger partial charge on any atom is -0.339 e. The minimum absolute atomic E-state index is 0.182. The molecule has 1 atom stereocenters. The summed E-state index contributed by atoms with van der Waals surface area (Å²) >= 11 is 1.79. The first-order chi connectivity index (χ1) is 13.7. The molecule has 1 aliphatic heterocycles. The highest BCUT2D eigenvalue weighted by atomic mass is 32.1. The Morgan fingerprint density at radius 1 is 1.32 bits per heavy atom. The molecule has 0 radical (unpaired) electrons. The summed E-state index contributed by atoms with van der Waals surface area (Å²) in [5, 5.41) is 6.07. The van der Waals surface area contributed by atoms with Gasteiger partial charge in [-0.25, -0.2) is 4.39 Å². The molecule has 2 aromatic heterocycles. The van der Waals surface area contributed by atoms with Crippen molar-refractivity contribution in [1.82, 2.24) is 15.0 Å². The van der Waals surface area contributed by atoms with Crippen molar-refractivity contribution in [3.8, 4) is 11.4 Å². The number of nitrogens with zero attached hydrogens (tertiary/aromatic N) is 3. The summed E-state index contributed by atoms with van der Waals surface area (Å²) in [6, 6.07) is 8.32. The molecular weight excluding hydrogens is 377 g/mol. The van der Waals surface area contributed by atoms with Crippen LogP contribution in [0, 0.1) is 5.82 Å². The highest BCUT2D eigenvalue weighted by molar-refractivity contribution is 7.10. The van der Waals surface area contributed by atoms with Gasteiger partial charge >= 0.3 is 0 Å². The van der Waals surface area contributed by atoms with Crippen molar-refractivity contribution >= 4 is 17.2 Å². The Hall–Kier alpha value is -2.54. The number of aromatic nitrogens is 2. The SMILES string of the molecule is CCC1c2ccsc2CCN1C(=O)CCCc1nc(-c2ccc(F)cc2)no1. The lowest BCUT2D eigenvalue weighted by Gasteiger charge is -2.35. The van der Waals surface area contributed by atoms with Crippen LogP contribution in [0.25, 0.3) is 11.4 Å². The van der Waals surface area contributed by atoms with Crippen LogP contribution in [-0.2, 0) is 17.6 Å². The molecule has 3 heterocycles. The van der Waals surface area contributed by atoms with E-state index in [0.717, 1.165) is 19.4 Å². The zero-order chi connectivity index (χ0) is 19.5. The highest BCUT2D eigenvalue weighted by Gasteiger charge is 2.29. The third-order valence-corrected chi connectivity index (χ3v) is 6.15. The molecule has 7 heteroatoms. The molecular formula is C21H22FN3O2S. The highest BCUT2D eigenvalue weighted by Crippen LogP contribution is 2.35. The molecule has 0 saturated heterocycles. The lowest BCUT2D eigenvalue weighted by atomic mass is 9.97. The molecule has 1 unspecified atom stereocenters. The van der Waals surface area contributed by atoms with Crippen molar-refractivity contribution in [2.75, 3.05) is 6.54 Å². The molecule has 5 nitrogen and oxygen atoms in total. The number of rotatable bonds is 6. The standard InChI is InChI=1S/C21H22FN3O2S/c1-2-17-16-11-13-28-18(16)10-12-25(17)20(26)5-3-4-19-23-21(24-27-19)14-6-8-15(22)9-7-14/h6-9,11,13,17H,2-5,10,12H2,1H3. The van der Waals surface area contributed by atoms with Gasteiger partial charge in [-0.15, -0.1) is 11.3 Å². The number of benzene rings is 1. The molecule has 3 aromatic rings. The molecule has 28 heavy (non-hydrogen) atoms. The lowest BCUT2D eigenvalue weighted by molar-refractivity contribution is -0.134. The van der Waals surface area contributed by atoms with Crippen LogP contribution < -0.4 is 0 Å². The maximum absolute atomic E-state index is 13.0. The summed E-state index contributed by atoms with van der Waals surface area (Å²) in [5.41, 5.74) is 2.02. The molecule has 1 aliphatic rings. The molecule has 0 spiro atoms. The fourth-order valence-electron chi connectivity index (χ4n) is 3.74. The average molecular weight is 399 g/mol. The number of amides is 1. The first-order valence-corrected chi connectivity index (χ1v) is 10.5. The topological polar surface area (TPSA) is 59.2 Å². The Kier molecular flexibility index (Phi) is 5.52. The number of aryl methyl sites for hydroxylation is 1. The second-order valence-corrected chi connectivity index (χ2v) is 7.93. The summed E-state index contributed by atoms with van der Waals surface area (Å²) in [4.78, 5) is 20.6. The summed E-state index contributed by atoms with van der Waals surface area (Å²) in [6.45, 7) is 2.92. The second kappa shape index (κ2) is 8.22. The molecule has 0 saturated carbocycles. The van der Waals surface area contributed by atoms with E-state index in [-0.39, 0.29) is 17.8 Å². The molecule has 1 aromatic carbocycles. The quantitative estimate of drug-likeness (QED) is 0.598. The molecule has 0 fully saturated rings. The van der Waals surface area contributed by atoms with E-state index >= 15 is 0 Å². The normalized spacial score (nSPS) is 16.2. The van der Waals surface area contributed by atoms with Gasteiger partial charge in [0.15, 0.2) is 0 Å². The van der Waals surface area contributed by atoms with E-state index in [9.17, 15) is 9.18 Å². The number of hydrogen-bond acceptors (Lipinski definition) is 5. The van der Waals surface area contributed by atoms with Gasteiger partial charge in [-0.2, -0.15) is 4.98 Å². The van der Waals surface area contributed by atoms with Crippen LogP contribution >= 0.6 is 11.3 Å². The molecule has 0 aliphatic carbocycles. The van der Waals surface area contributed by atoms with E-state index in [4.69, 9.17) is 4.52 Å². The summed E-state index contributed by atoms with van der Waals surface area (Å²) in [7, 11) is 0. The monoisotopic (exact) mass is 399 g/mol. The first-order valence-electron chi connectivity index (χ1n) is 9.60. The van der Waals surface area contributed by atoms with E-state index in [1.54, 1.807) is 23.5 Å². The number of carbonyl (C=O) groups is 1. The zero-order valence-corrected chi connectivity index (χ0v) is 16.5. The minimum atomic E-state index is -0.302. The van der Waals surface area contributed by atoms with Crippen LogP contribution in [0.2, 0.25) is 0 Å². The first kappa shape index (κ1) is 18.8. The van der Waals surface area contributed by atoms with Gasteiger partial charge in [0.05, 0.1) is 6.04 Å². The van der Waals surface area contributed by atoms with Gasteiger partial charge in [-0.1, -0.05) is 12.1 Å². The van der Waals surface area contributed by atoms with Gasteiger partial charge in [0.2, 0.25) is 17.6 Å². The molecule has 0 bridgehead atoms. The van der Waals surface area contributed by atoms with Gasteiger partial charge in [-0.05, 0) is 60.5 Å². The maximum atomic E-state index is 13.0. The Balaban J connectivity index is 1.33. The number of carbonyl (C=O) groups excluding carboxylic acids is 1. The van der Waals surface area contributed by atoms with Crippen LogP contribution in [0.15, 0.2) is 40.2 Å². The second-order valence-electron chi connectivity index (χ2n) is 6.93. The third-order valence-electron chi connectivity index (χ3n) is 5.15. The smallest absolute Gasteiger partial charge is 0.226 e. The number of thiophene rings is 1. The lowest BCUT2D eigenvalue weighted by Crippen LogP contribution is -2.39. The van der Waals surface area contributed by atoms with Gasteiger partial charge in [-0.3, -0.25) is 4.79 Å². The van der Waals surface area contributed by atoms with Crippen LogP contribution in [0.5, 0.6) is 0 Å². The van der Waals surface area contributed by atoms with Crippen LogP contribution in [0.3, 0.4) is 0 Å². The molecule has 146 valence electrons. The summed E-state index contributed by atoms with van der Waals surface area (Å²) < 4.78 is 18.3. The van der Waals surface area contributed by atoms with Crippen molar-refractivity contribution in [1.29, 1.82) is 0 Å². The van der Waals surface area contributed by atoms with Gasteiger partial charge in [0.25, 0.3) is 0 Å². The van der Waals surface area contributed by atoms with E-state index in [2.05, 4.69) is 28.5 Å². The van der Waals surface area contributed by atoms with Gasteiger partial charge < -0.3 is 9.42 Å². The van der Waals surface area contributed by atoms with Crippen molar-refractivity contribution in [2.45, 2.75) is 45.1 Å². The van der Waals surface area contributed by atoms with Gasteiger partial charge in [0, 0.05) is 29.8 Å². The predicted molar refractivity (Wildman–Crippen MR) is 105 cm³/mol. The Morgan fingerprint density at radius 3 is 2.93 bits per heavy atom. The molecule has 0 N–H and O–H groups in total. The predicted octanol–water partition coefficient (Wildman–Crippen LogP) is 4.80. The van der Waals surface area contributed by atoms with E-state index < -0.39 is 0 Å². The zero-order valence-electron chi connectivity index (χ0n) is 15.7. The fraction of sp³-hybridized carbons (Fsp3) is 0.381. The van der Waals surface area contributed by atoms with Crippen LogP contribution in [0.1, 0.15) is 48.6 Å². The average Bonchev–Trinajstić information content (AvgIpc) is 3.37. The van der Waals surface area contributed by atoms with E-state index in [0.29, 0.717) is 36.5 Å². The van der Waals surface area contributed by atoms with Crippen molar-refractivity contribution in [3.63, 3.8) is 0 Å². The Morgan fingerprint density at radius 2 is 2.14 bits per heavy atom. The largest absolute Gasteiger partial charge is 0.339 e. The van der Waals surface area contributed by atoms with Crippen molar-refractivity contribution in [3.05, 3.63) is 57.9 Å². The summed E-state index contributed by atoms with van der Waals surface area (Å²) in [5.74, 6) is 0.817.